The van der Waals surface area contributed by atoms with Gasteiger partial charge in [0.15, 0.2) is 0 Å². The molecule has 2 saturated carbocycles. The molecule has 4 heteroatoms. The molecule has 1 aliphatic heterocycles. The predicted octanol–water partition coefficient (Wildman–Crippen LogP) is 0.979. The van der Waals surface area contributed by atoms with Crippen LogP contribution >= 0.6 is 0 Å². The summed E-state index contributed by atoms with van der Waals surface area (Å²) in [6, 6.07) is 0.176. The average molecular weight is 266 g/mol. The van der Waals surface area contributed by atoms with Gasteiger partial charge in [-0.3, -0.25) is 4.79 Å². The number of hydrogen-bond acceptors (Lipinski definition) is 3. The van der Waals surface area contributed by atoms with Crippen LogP contribution in [-0.2, 0) is 4.79 Å². The highest BCUT2D eigenvalue weighted by molar-refractivity contribution is 5.79. The summed E-state index contributed by atoms with van der Waals surface area (Å²) in [5, 5.41) is 9.93. The van der Waals surface area contributed by atoms with E-state index in [1.54, 1.807) is 0 Å². The molecule has 3 aliphatic rings. The summed E-state index contributed by atoms with van der Waals surface area (Å²) < 4.78 is 0. The molecule has 0 aromatic carbocycles. The lowest BCUT2D eigenvalue weighted by Crippen LogP contribution is -2.43. The van der Waals surface area contributed by atoms with E-state index in [-0.39, 0.29) is 18.1 Å². The van der Waals surface area contributed by atoms with Crippen molar-refractivity contribution in [1.29, 1.82) is 0 Å². The molecule has 108 valence electrons. The van der Waals surface area contributed by atoms with Crippen LogP contribution in [0.5, 0.6) is 0 Å². The molecule has 0 aromatic rings. The monoisotopic (exact) mass is 266 g/mol. The summed E-state index contributed by atoms with van der Waals surface area (Å²) in [4.78, 5) is 14.6. The Labute approximate surface area is 115 Å². The third kappa shape index (κ3) is 2.40. The molecule has 2 aliphatic carbocycles. The summed E-state index contributed by atoms with van der Waals surface area (Å²) in [5.41, 5.74) is 6.11. The molecule has 1 saturated heterocycles. The summed E-state index contributed by atoms with van der Waals surface area (Å²) in [7, 11) is 0. The van der Waals surface area contributed by atoms with E-state index in [1.807, 2.05) is 4.90 Å². The first-order chi connectivity index (χ1) is 9.06. The Morgan fingerprint density at radius 1 is 1.21 bits per heavy atom. The molecule has 0 bridgehead atoms. The SMILES string of the molecule is CC1CCC(C(=O)N2CC3CCC(O)C3C2)CC1N. The number of hydrogen-bond donors (Lipinski definition) is 2. The smallest absolute Gasteiger partial charge is 0.225 e. The van der Waals surface area contributed by atoms with Gasteiger partial charge in [-0.1, -0.05) is 6.92 Å². The second-order valence-corrected chi connectivity index (χ2v) is 6.96. The lowest BCUT2D eigenvalue weighted by atomic mass is 9.79. The third-order valence-corrected chi connectivity index (χ3v) is 5.74. The highest BCUT2D eigenvalue weighted by Crippen LogP contribution is 2.39. The molecule has 3 N–H and O–H groups in total. The van der Waals surface area contributed by atoms with Crippen LogP contribution in [0.2, 0.25) is 0 Å². The van der Waals surface area contributed by atoms with Gasteiger partial charge in [-0.25, -0.2) is 0 Å². The minimum atomic E-state index is -0.184. The molecule has 19 heavy (non-hydrogen) atoms. The molecule has 1 amide bonds. The fourth-order valence-corrected chi connectivity index (χ4v) is 4.26. The molecule has 3 rings (SSSR count). The minimum Gasteiger partial charge on any atom is -0.393 e. The van der Waals surface area contributed by atoms with Gasteiger partial charge in [-0.15, -0.1) is 0 Å². The first kappa shape index (κ1) is 13.4. The zero-order valence-electron chi connectivity index (χ0n) is 11.8. The Morgan fingerprint density at radius 2 is 2.00 bits per heavy atom. The predicted molar refractivity (Wildman–Crippen MR) is 73.3 cm³/mol. The van der Waals surface area contributed by atoms with Crippen molar-refractivity contribution in [2.75, 3.05) is 13.1 Å². The van der Waals surface area contributed by atoms with Crippen LogP contribution in [0.25, 0.3) is 0 Å². The standard InChI is InChI=1S/C15H26N2O2/c1-9-2-3-10(6-13(9)16)15(19)17-7-11-4-5-14(18)12(11)8-17/h9-14,18H,2-8,16H2,1H3. The van der Waals surface area contributed by atoms with Crippen molar-refractivity contribution in [3.05, 3.63) is 0 Å². The van der Waals surface area contributed by atoms with Crippen LogP contribution in [0.4, 0.5) is 0 Å². The molecular weight excluding hydrogens is 240 g/mol. The normalized spacial score (nSPS) is 46.4. The zero-order valence-corrected chi connectivity index (χ0v) is 11.8. The van der Waals surface area contributed by atoms with E-state index in [0.717, 1.165) is 45.2 Å². The highest BCUT2D eigenvalue weighted by Gasteiger charge is 2.44. The molecule has 3 fully saturated rings. The summed E-state index contributed by atoms with van der Waals surface area (Å²) in [6.45, 7) is 3.82. The maximum absolute atomic E-state index is 12.6. The van der Waals surface area contributed by atoms with Crippen molar-refractivity contribution >= 4 is 5.91 Å². The maximum Gasteiger partial charge on any atom is 0.225 e. The molecule has 1 heterocycles. The van der Waals surface area contributed by atoms with Crippen molar-refractivity contribution in [2.45, 2.75) is 51.2 Å². The Kier molecular flexibility index (Phi) is 3.56. The van der Waals surface area contributed by atoms with Crippen molar-refractivity contribution in [3.8, 4) is 0 Å². The lowest BCUT2D eigenvalue weighted by Gasteiger charge is -2.33. The Bertz CT molecular complexity index is 360. The van der Waals surface area contributed by atoms with Gasteiger partial charge in [-0.2, -0.15) is 0 Å². The molecule has 0 radical (unpaired) electrons. The van der Waals surface area contributed by atoms with E-state index in [1.165, 1.54) is 0 Å². The largest absolute Gasteiger partial charge is 0.393 e. The number of carbonyl (C=O) groups is 1. The van der Waals surface area contributed by atoms with Gasteiger partial charge in [0.05, 0.1) is 6.10 Å². The van der Waals surface area contributed by atoms with Gasteiger partial charge in [0.1, 0.15) is 0 Å². The summed E-state index contributed by atoms with van der Waals surface area (Å²) in [5.74, 6) is 1.84. The molecule has 4 nitrogen and oxygen atoms in total. The van der Waals surface area contributed by atoms with Gasteiger partial charge in [0, 0.05) is 31.0 Å². The number of aliphatic hydroxyl groups is 1. The molecular formula is C15H26N2O2. The second-order valence-electron chi connectivity index (χ2n) is 6.96. The maximum atomic E-state index is 12.6. The van der Waals surface area contributed by atoms with E-state index in [4.69, 9.17) is 5.73 Å². The number of nitrogens with zero attached hydrogens (tertiary/aromatic N) is 1. The van der Waals surface area contributed by atoms with Crippen LogP contribution in [0, 0.1) is 23.7 Å². The molecule has 0 aromatic heterocycles. The first-order valence-electron chi connectivity index (χ1n) is 7.78. The number of aliphatic hydroxyl groups excluding tert-OH is 1. The van der Waals surface area contributed by atoms with Crippen molar-refractivity contribution < 1.29 is 9.90 Å². The van der Waals surface area contributed by atoms with Crippen LogP contribution in [-0.4, -0.2) is 41.1 Å². The van der Waals surface area contributed by atoms with Crippen LogP contribution in [0.1, 0.15) is 39.0 Å². The Balaban J connectivity index is 1.60. The van der Waals surface area contributed by atoms with Crippen LogP contribution < -0.4 is 5.73 Å². The number of fused-ring (bicyclic) bond motifs is 1. The zero-order chi connectivity index (χ0) is 13.6. The van der Waals surface area contributed by atoms with E-state index >= 15 is 0 Å². The van der Waals surface area contributed by atoms with E-state index in [2.05, 4.69) is 6.92 Å². The van der Waals surface area contributed by atoms with Crippen molar-refractivity contribution in [1.82, 2.24) is 4.90 Å². The summed E-state index contributed by atoms with van der Waals surface area (Å²) >= 11 is 0. The number of amides is 1. The summed E-state index contributed by atoms with van der Waals surface area (Å²) in [6.07, 6.45) is 4.72. The fraction of sp³-hybridized carbons (Fsp3) is 0.933. The third-order valence-electron chi connectivity index (χ3n) is 5.74. The van der Waals surface area contributed by atoms with Crippen LogP contribution in [0.15, 0.2) is 0 Å². The minimum absolute atomic E-state index is 0.127. The molecule has 6 unspecified atom stereocenters. The Morgan fingerprint density at radius 3 is 2.68 bits per heavy atom. The highest BCUT2D eigenvalue weighted by atomic mass is 16.3. The Hall–Kier alpha value is -0.610. The first-order valence-corrected chi connectivity index (χ1v) is 7.78. The molecule has 6 atom stereocenters. The molecule has 0 spiro atoms. The van der Waals surface area contributed by atoms with E-state index in [9.17, 15) is 9.90 Å². The topological polar surface area (TPSA) is 66.6 Å². The van der Waals surface area contributed by atoms with E-state index in [0.29, 0.717) is 23.7 Å². The van der Waals surface area contributed by atoms with Gasteiger partial charge < -0.3 is 15.7 Å². The fourth-order valence-electron chi connectivity index (χ4n) is 4.26. The van der Waals surface area contributed by atoms with Crippen molar-refractivity contribution in [2.24, 2.45) is 29.4 Å². The van der Waals surface area contributed by atoms with Gasteiger partial charge in [0.2, 0.25) is 5.91 Å². The second kappa shape index (κ2) is 5.06. The number of nitrogens with two attached hydrogens (primary N) is 1. The lowest BCUT2D eigenvalue weighted by molar-refractivity contribution is -0.136. The number of carbonyl (C=O) groups excluding carboxylic acids is 1. The van der Waals surface area contributed by atoms with Gasteiger partial charge in [0.25, 0.3) is 0 Å². The average Bonchev–Trinajstić information content (AvgIpc) is 2.95. The quantitative estimate of drug-likeness (QED) is 0.743. The number of likely N-dealkylation sites (tertiary alicyclic amines) is 1. The van der Waals surface area contributed by atoms with Gasteiger partial charge in [-0.05, 0) is 43.9 Å². The number of rotatable bonds is 1. The van der Waals surface area contributed by atoms with Crippen LogP contribution in [0.3, 0.4) is 0 Å². The van der Waals surface area contributed by atoms with E-state index < -0.39 is 0 Å². The van der Waals surface area contributed by atoms with Gasteiger partial charge >= 0.3 is 0 Å². The van der Waals surface area contributed by atoms with Crippen molar-refractivity contribution in [3.63, 3.8) is 0 Å².